The topological polar surface area (TPSA) is 116 Å². The number of aromatic nitrogens is 3. The predicted octanol–water partition coefficient (Wildman–Crippen LogP) is 2.13. The Hall–Kier alpha value is -3.49. The van der Waals surface area contributed by atoms with E-state index in [-0.39, 0.29) is 35.8 Å². The number of amides is 1. The Morgan fingerprint density at radius 1 is 1.21 bits per heavy atom. The molecule has 0 saturated carbocycles. The van der Waals surface area contributed by atoms with Gasteiger partial charge in [0.2, 0.25) is 11.6 Å². The molecule has 0 saturated heterocycles. The molecule has 3 rings (SSSR count). The third-order valence-electron chi connectivity index (χ3n) is 4.30. The summed E-state index contributed by atoms with van der Waals surface area (Å²) in [6.45, 7) is 6.83. The average Bonchev–Trinajstić information content (AvgIpc) is 3.06. The van der Waals surface area contributed by atoms with E-state index in [1.54, 1.807) is 13.8 Å². The molecule has 146 valence electrons. The lowest BCUT2D eigenvalue weighted by molar-refractivity contribution is -0.116. The van der Waals surface area contributed by atoms with Crippen LogP contribution in [0.2, 0.25) is 0 Å². The monoisotopic (exact) mass is 384 g/mol. The summed E-state index contributed by atoms with van der Waals surface area (Å²) >= 11 is 0. The van der Waals surface area contributed by atoms with Crippen LogP contribution in [-0.2, 0) is 16.1 Å². The number of aryl methyl sites for hydroxylation is 3. The molecule has 0 fully saturated rings. The van der Waals surface area contributed by atoms with Crippen LogP contribution < -0.4 is 10.9 Å². The Balaban J connectivity index is 1.97. The minimum absolute atomic E-state index is 0.0723. The number of fused-ring (bicyclic) bond motifs is 1. The molecule has 9 nitrogen and oxygen atoms in total. The number of esters is 1. The molecule has 0 aliphatic carbocycles. The normalized spacial score (nSPS) is 10.9. The minimum atomic E-state index is -0.782. The number of carbonyl (C=O) groups excluding carboxylic acids is 2. The van der Waals surface area contributed by atoms with Crippen LogP contribution in [0.25, 0.3) is 11.1 Å². The zero-order chi connectivity index (χ0) is 20.4. The zero-order valence-electron chi connectivity index (χ0n) is 16.0. The summed E-state index contributed by atoms with van der Waals surface area (Å²) in [7, 11) is 0. The van der Waals surface area contributed by atoms with Crippen molar-refractivity contribution in [2.24, 2.45) is 0 Å². The summed E-state index contributed by atoms with van der Waals surface area (Å²) in [5, 5.41) is 6.32. The van der Waals surface area contributed by atoms with Crippen molar-refractivity contribution in [2.45, 2.75) is 34.2 Å². The van der Waals surface area contributed by atoms with E-state index in [0.717, 1.165) is 11.1 Å². The summed E-state index contributed by atoms with van der Waals surface area (Å²) in [5.41, 5.74) is 1.60. The van der Waals surface area contributed by atoms with Gasteiger partial charge in [0, 0.05) is 5.69 Å². The molecule has 1 amide bonds. The first kappa shape index (κ1) is 19.3. The van der Waals surface area contributed by atoms with Crippen LogP contribution >= 0.6 is 0 Å². The molecule has 2 aromatic heterocycles. The van der Waals surface area contributed by atoms with E-state index in [1.807, 2.05) is 32.0 Å². The number of anilines is 1. The van der Waals surface area contributed by atoms with Crippen molar-refractivity contribution < 1.29 is 18.8 Å². The molecule has 0 spiro atoms. The zero-order valence-corrected chi connectivity index (χ0v) is 16.0. The van der Waals surface area contributed by atoms with Gasteiger partial charge in [-0.3, -0.25) is 14.2 Å². The average molecular weight is 384 g/mol. The predicted molar refractivity (Wildman–Crippen MR) is 101 cm³/mol. The molecule has 28 heavy (non-hydrogen) atoms. The Morgan fingerprint density at radius 3 is 2.54 bits per heavy atom. The molecule has 1 N–H and O–H groups in total. The first-order valence-electron chi connectivity index (χ1n) is 8.73. The second kappa shape index (κ2) is 7.63. The smallest absolute Gasteiger partial charge is 0.361 e. The maximum Gasteiger partial charge on any atom is 0.361 e. The van der Waals surface area contributed by atoms with E-state index < -0.39 is 17.4 Å². The first-order chi connectivity index (χ1) is 13.3. The Bertz CT molecular complexity index is 1110. The number of hydrogen-bond acceptors (Lipinski definition) is 7. The van der Waals surface area contributed by atoms with Crippen LogP contribution in [0.3, 0.4) is 0 Å². The fourth-order valence-electron chi connectivity index (χ4n) is 2.90. The van der Waals surface area contributed by atoms with Gasteiger partial charge in [-0.15, -0.1) is 0 Å². The Kier molecular flexibility index (Phi) is 5.25. The molecule has 0 aliphatic rings. The highest BCUT2D eigenvalue weighted by atomic mass is 16.5. The minimum Gasteiger partial charge on any atom is -0.461 e. The summed E-state index contributed by atoms with van der Waals surface area (Å²) in [5.74, 6) is -0.908. The number of para-hydroxylation sites is 1. The van der Waals surface area contributed by atoms with Gasteiger partial charge in [0.05, 0.1) is 6.61 Å². The molecule has 0 aliphatic heterocycles. The van der Waals surface area contributed by atoms with E-state index in [0.29, 0.717) is 5.69 Å². The van der Waals surface area contributed by atoms with E-state index in [2.05, 4.69) is 15.5 Å². The SMILES string of the molecule is CCOC(=O)c1noc2nc(C)n(CC(=O)Nc3c(C)cccc3C)c(=O)c12. The lowest BCUT2D eigenvalue weighted by Gasteiger charge is -2.13. The molecule has 9 heteroatoms. The number of nitrogens with one attached hydrogen (secondary N) is 1. The molecule has 0 unspecified atom stereocenters. The standard InChI is InChI=1S/C19H20N4O5/c1-5-27-19(26)16-14-17(28-22-16)20-12(4)23(18(14)25)9-13(24)21-15-10(2)7-6-8-11(15)3/h6-8H,5,9H2,1-4H3,(H,21,24). The van der Waals surface area contributed by atoms with Gasteiger partial charge in [-0.25, -0.2) is 4.79 Å². The van der Waals surface area contributed by atoms with E-state index in [1.165, 1.54) is 4.57 Å². The highest BCUT2D eigenvalue weighted by Gasteiger charge is 2.24. The number of hydrogen-bond donors (Lipinski definition) is 1. The van der Waals surface area contributed by atoms with Crippen LogP contribution in [0.15, 0.2) is 27.5 Å². The van der Waals surface area contributed by atoms with Crippen LogP contribution in [0.5, 0.6) is 0 Å². The molecule has 0 bridgehead atoms. The molecular formula is C19H20N4O5. The second-order valence-corrected chi connectivity index (χ2v) is 6.30. The van der Waals surface area contributed by atoms with E-state index >= 15 is 0 Å². The van der Waals surface area contributed by atoms with Gasteiger partial charge < -0.3 is 14.6 Å². The van der Waals surface area contributed by atoms with Crippen molar-refractivity contribution in [1.82, 2.24) is 14.7 Å². The largest absolute Gasteiger partial charge is 0.461 e. The van der Waals surface area contributed by atoms with Crippen LogP contribution in [0.1, 0.15) is 34.4 Å². The summed E-state index contributed by atoms with van der Waals surface area (Å²) < 4.78 is 11.1. The van der Waals surface area contributed by atoms with Crippen molar-refractivity contribution in [1.29, 1.82) is 0 Å². The lowest BCUT2D eigenvalue weighted by atomic mass is 10.1. The van der Waals surface area contributed by atoms with Crippen LogP contribution in [-0.4, -0.2) is 33.2 Å². The number of ether oxygens (including phenoxy) is 1. The van der Waals surface area contributed by atoms with Gasteiger partial charge in [-0.1, -0.05) is 23.4 Å². The maximum absolute atomic E-state index is 12.9. The van der Waals surface area contributed by atoms with Gasteiger partial charge in [0.15, 0.2) is 0 Å². The summed E-state index contributed by atoms with van der Waals surface area (Å²) in [4.78, 5) is 41.6. The van der Waals surface area contributed by atoms with Crippen LogP contribution in [0.4, 0.5) is 5.69 Å². The summed E-state index contributed by atoms with van der Waals surface area (Å²) in [6.07, 6.45) is 0. The Labute approximate surface area is 160 Å². The number of nitrogens with zero attached hydrogens (tertiary/aromatic N) is 3. The van der Waals surface area contributed by atoms with Crippen molar-refractivity contribution in [2.75, 3.05) is 11.9 Å². The number of carbonyl (C=O) groups is 2. The second-order valence-electron chi connectivity index (χ2n) is 6.30. The van der Waals surface area contributed by atoms with E-state index in [9.17, 15) is 14.4 Å². The number of benzene rings is 1. The van der Waals surface area contributed by atoms with Crippen LogP contribution in [0, 0.1) is 20.8 Å². The van der Waals surface area contributed by atoms with Gasteiger partial charge in [-0.2, -0.15) is 4.98 Å². The van der Waals surface area contributed by atoms with Gasteiger partial charge in [0.1, 0.15) is 17.8 Å². The molecule has 3 aromatic rings. The third kappa shape index (κ3) is 3.51. The van der Waals surface area contributed by atoms with Crippen molar-refractivity contribution in [3.63, 3.8) is 0 Å². The van der Waals surface area contributed by atoms with Crippen molar-refractivity contribution in [3.05, 3.63) is 51.2 Å². The van der Waals surface area contributed by atoms with Gasteiger partial charge >= 0.3 is 5.97 Å². The quantitative estimate of drug-likeness (QED) is 0.670. The van der Waals surface area contributed by atoms with Crippen molar-refractivity contribution in [3.8, 4) is 0 Å². The number of rotatable bonds is 5. The first-order valence-corrected chi connectivity index (χ1v) is 8.73. The fourth-order valence-corrected chi connectivity index (χ4v) is 2.90. The summed E-state index contributed by atoms with van der Waals surface area (Å²) in [6, 6.07) is 5.67. The third-order valence-corrected chi connectivity index (χ3v) is 4.30. The fraction of sp³-hybridized carbons (Fsp3) is 0.316. The maximum atomic E-state index is 12.9. The molecule has 2 heterocycles. The van der Waals surface area contributed by atoms with Crippen molar-refractivity contribution >= 4 is 28.7 Å². The highest BCUT2D eigenvalue weighted by Crippen LogP contribution is 2.19. The van der Waals surface area contributed by atoms with Gasteiger partial charge in [0.25, 0.3) is 11.3 Å². The molecule has 1 aromatic carbocycles. The Morgan fingerprint density at radius 2 is 1.89 bits per heavy atom. The molecule has 0 radical (unpaired) electrons. The lowest BCUT2D eigenvalue weighted by Crippen LogP contribution is -2.31. The van der Waals surface area contributed by atoms with Gasteiger partial charge in [-0.05, 0) is 38.8 Å². The molecule has 0 atom stereocenters. The highest BCUT2D eigenvalue weighted by molar-refractivity contribution is 6.00. The van der Waals surface area contributed by atoms with E-state index in [4.69, 9.17) is 9.26 Å². The molecular weight excluding hydrogens is 364 g/mol.